The molecule has 0 bridgehead atoms. The van der Waals surface area contributed by atoms with Gasteiger partial charge in [-0.25, -0.2) is 9.78 Å². The summed E-state index contributed by atoms with van der Waals surface area (Å²) in [5, 5.41) is 20.6. The fourth-order valence-electron chi connectivity index (χ4n) is 3.24. The van der Waals surface area contributed by atoms with Crippen LogP contribution in [-0.4, -0.2) is 38.6 Å². The number of nitrogens with one attached hydrogen (secondary N) is 2. The highest BCUT2D eigenvalue weighted by atomic mass is 16.3. The third kappa shape index (κ3) is 3.61. The summed E-state index contributed by atoms with van der Waals surface area (Å²) in [4.78, 5) is 16.4. The predicted octanol–water partition coefficient (Wildman–Crippen LogP) is 1.95. The van der Waals surface area contributed by atoms with Crippen LogP contribution >= 0.6 is 0 Å². The summed E-state index contributed by atoms with van der Waals surface area (Å²) in [5.74, 6) is 0.352. The molecule has 2 atom stereocenters. The largest absolute Gasteiger partial charge is 0.393 e. The molecule has 2 aromatic rings. The molecule has 2 aromatic heterocycles. The van der Waals surface area contributed by atoms with Crippen molar-refractivity contribution in [3.63, 3.8) is 0 Å². The molecule has 0 spiro atoms. The zero-order valence-electron chi connectivity index (χ0n) is 13.5. The second kappa shape index (κ2) is 6.54. The second-order valence-electron chi connectivity index (χ2n) is 6.33. The van der Waals surface area contributed by atoms with E-state index in [0.29, 0.717) is 18.2 Å². The number of anilines is 1. The predicted molar refractivity (Wildman–Crippen MR) is 88.2 cm³/mol. The lowest BCUT2D eigenvalue weighted by Gasteiger charge is -2.25. The highest BCUT2D eigenvalue weighted by molar-refractivity contribution is 5.92. The smallest absolute Gasteiger partial charge is 0.319 e. The Balaban J connectivity index is 1.58. The molecule has 124 valence electrons. The van der Waals surface area contributed by atoms with Gasteiger partial charge in [0.1, 0.15) is 0 Å². The Kier molecular flexibility index (Phi) is 4.47. The molecule has 2 unspecified atom stereocenters. The van der Waals surface area contributed by atoms with Crippen molar-refractivity contribution in [1.82, 2.24) is 20.1 Å². The van der Waals surface area contributed by atoms with Gasteiger partial charge in [0.2, 0.25) is 0 Å². The molecule has 3 N–H and O–H groups in total. The lowest BCUT2D eigenvalue weighted by Crippen LogP contribution is -2.35. The Morgan fingerprint density at radius 3 is 3.09 bits per heavy atom. The molecule has 0 saturated heterocycles. The number of rotatable bonds is 3. The molecule has 2 heterocycles. The number of urea groups is 1. The zero-order valence-corrected chi connectivity index (χ0v) is 13.5. The maximum Gasteiger partial charge on any atom is 0.319 e. The van der Waals surface area contributed by atoms with Crippen molar-refractivity contribution >= 4 is 22.8 Å². The van der Waals surface area contributed by atoms with Gasteiger partial charge in [0.25, 0.3) is 0 Å². The fourth-order valence-corrected chi connectivity index (χ4v) is 3.24. The number of pyridine rings is 1. The molecular formula is C16H23N5O2. The zero-order chi connectivity index (χ0) is 16.4. The molecular weight excluding hydrogens is 294 g/mol. The molecule has 1 saturated carbocycles. The van der Waals surface area contributed by atoms with Crippen molar-refractivity contribution in [3.8, 4) is 0 Å². The topological polar surface area (TPSA) is 92.1 Å². The number of fused-ring (bicyclic) bond motifs is 1. The van der Waals surface area contributed by atoms with Crippen LogP contribution in [0.1, 0.15) is 31.4 Å². The van der Waals surface area contributed by atoms with E-state index >= 15 is 0 Å². The van der Waals surface area contributed by atoms with Crippen molar-refractivity contribution in [2.45, 2.75) is 38.7 Å². The Bertz CT molecular complexity index is 712. The average Bonchev–Trinajstić information content (AvgIpc) is 2.80. The minimum Gasteiger partial charge on any atom is -0.393 e. The van der Waals surface area contributed by atoms with Gasteiger partial charge in [-0.1, -0.05) is 6.42 Å². The van der Waals surface area contributed by atoms with E-state index in [1.165, 1.54) is 0 Å². The molecule has 0 radical (unpaired) electrons. The Morgan fingerprint density at radius 1 is 1.48 bits per heavy atom. The first kappa shape index (κ1) is 15.7. The van der Waals surface area contributed by atoms with Crippen LogP contribution < -0.4 is 10.6 Å². The molecule has 1 fully saturated rings. The maximum absolute atomic E-state index is 12.0. The van der Waals surface area contributed by atoms with Crippen molar-refractivity contribution in [2.75, 3.05) is 11.9 Å². The number of hydrogen-bond acceptors (Lipinski definition) is 4. The van der Waals surface area contributed by atoms with Gasteiger partial charge >= 0.3 is 6.03 Å². The number of nitrogens with zero attached hydrogens (tertiary/aromatic N) is 3. The van der Waals surface area contributed by atoms with E-state index < -0.39 is 0 Å². The van der Waals surface area contributed by atoms with Crippen molar-refractivity contribution in [3.05, 3.63) is 18.0 Å². The van der Waals surface area contributed by atoms with Gasteiger partial charge in [0, 0.05) is 19.0 Å². The third-order valence-corrected chi connectivity index (χ3v) is 4.43. The number of aryl methyl sites for hydroxylation is 2. The number of amides is 2. The highest BCUT2D eigenvalue weighted by Gasteiger charge is 2.20. The van der Waals surface area contributed by atoms with Gasteiger partial charge in [0.15, 0.2) is 5.65 Å². The van der Waals surface area contributed by atoms with Crippen LogP contribution in [0.3, 0.4) is 0 Å². The normalized spacial score (nSPS) is 21.3. The second-order valence-corrected chi connectivity index (χ2v) is 6.33. The molecule has 0 aromatic carbocycles. The van der Waals surface area contributed by atoms with Crippen LogP contribution in [0.25, 0.3) is 11.0 Å². The van der Waals surface area contributed by atoms with Crippen molar-refractivity contribution in [1.29, 1.82) is 0 Å². The van der Waals surface area contributed by atoms with Crippen LogP contribution in [0.2, 0.25) is 0 Å². The summed E-state index contributed by atoms with van der Waals surface area (Å²) in [6.45, 7) is 2.51. The van der Waals surface area contributed by atoms with Crippen LogP contribution in [-0.2, 0) is 7.05 Å². The van der Waals surface area contributed by atoms with Gasteiger partial charge in [-0.3, -0.25) is 4.68 Å². The van der Waals surface area contributed by atoms with E-state index in [-0.39, 0.29) is 12.1 Å². The van der Waals surface area contributed by atoms with Crippen molar-refractivity contribution < 1.29 is 9.90 Å². The van der Waals surface area contributed by atoms with E-state index in [2.05, 4.69) is 20.7 Å². The molecule has 3 rings (SSSR count). The third-order valence-electron chi connectivity index (χ3n) is 4.43. The summed E-state index contributed by atoms with van der Waals surface area (Å²) >= 11 is 0. The van der Waals surface area contributed by atoms with E-state index in [1.54, 1.807) is 10.9 Å². The molecule has 1 aliphatic rings. The summed E-state index contributed by atoms with van der Waals surface area (Å²) in [5.41, 5.74) is 2.33. The average molecular weight is 317 g/mol. The molecule has 7 heteroatoms. The first-order chi connectivity index (χ1) is 11.0. The minimum absolute atomic E-state index is 0.223. The quantitative estimate of drug-likeness (QED) is 0.807. The van der Waals surface area contributed by atoms with Gasteiger partial charge in [-0.2, -0.15) is 5.10 Å². The van der Waals surface area contributed by atoms with Gasteiger partial charge in [-0.15, -0.1) is 0 Å². The summed E-state index contributed by atoms with van der Waals surface area (Å²) < 4.78 is 1.73. The van der Waals surface area contributed by atoms with E-state index in [1.807, 2.05) is 20.0 Å². The van der Waals surface area contributed by atoms with Crippen molar-refractivity contribution in [2.24, 2.45) is 13.0 Å². The number of aliphatic hydroxyl groups is 1. The number of carbonyl (C=O) groups is 1. The first-order valence-corrected chi connectivity index (χ1v) is 8.05. The maximum atomic E-state index is 12.0. The molecule has 7 nitrogen and oxygen atoms in total. The first-order valence-electron chi connectivity index (χ1n) is 8.05. The Labute approximate surface area is 135 Å². The van der Waals surface area contributed by atoms with Crippen LogP contribution in [0, 0.1) is 12.8 Å². The molecule has 2 amide bonds. The van der Waals surface area contributed by atoms with Crippen LogP contribution in [0.4, 0.5) is 10.5 Å². The number of aromatic nitrogens is 3. The van der Waals surface area contributed by atoms with Crippen LogP contribution in [0.5, 0.6) is 0 Å². The molecule has 0 aliphatic heterocycles. The number of hydrogen-bond donors (Lipinski definition) is 3. The Hall–Kier alpha value is -2.15. The lowest BCUT2D eigenvalue weighted by molar-refractivity contribution is 0.101. The number of carbonyl (C=O) groups excluding carboxylic acids is 1. The SMILES string of the molecule is Cc1nn(C)c2ncc(NC(=O)NCC3CCCC(O)C3)cc12. The van der Waals surface area contributed by atoms with E-state index in [4.69, 9.17) is 0 Å². The van der Waals surface area contributed by atoms with Gasteiger partial charge in [-0.05, 0) is 38.2 Å². The number of aliphatic hydroxyl groups excluding tert-OH is 1. The van der Waals surface area contributed by atoms with Gasteiger partial charge < -0.3 is 15.7 Å². The standard InChI is InChI=1S/C16H23N5O2/c1-10-14-7-12(9-17-15(14)21(2)20-10)19-16(23)18-8-11-4-3-5-13(22)6-11/h7,9,11,13,22H,3-6,8H2,1-2H3,(H2,18,19,23). The van der Waals surface area contributed by atoms with E-state index in [0.717, 1.165) is 42.4 Å². The monoisotopic (exact) mass is 317 g/mol. The summed E-state index contributed by atoms with van der Waals surface area (Å²) in [6, 6.07) is 1.64. The molecule has 23 heavy (non-hydrogen) atoms. The lowest BCUT2D eigenvalue weighted by atomic mass is 9.87. The molecule has 1 aliphatic carbocycles. The minimum atomic E-state index is -0.243. The highest BCUT2D eigenvalue weighted by Crippen LogP contribution is 2.23. The fraction of sp³-hybridized carbons (Fsp3) is 0.562. The van der Waals surface area contributed by atoms with Gasteiger partial charge in [0.05, 0.1) is 23.7 Å². The Morgan fingerprint density at radius 2 is 2.30 bits per heavy atom. The van der Waals surface area contributed by atoms with E-state index in [9.17, 15) is 9.90 Å². The summed E-state index contributed by atoms with van der Waals surface area (Å²) in [7, 11) is 1.85. The van der Waals surface area contributed by atoms with Crippen LogP contribution in [0.15, 0.2) is 12.3 Å². The summed E-state index contributed by atoms with van der Waals surface area (Å²) in [6.07, 6.45) is 5.13.